The van der Waals surface area contributed by atoms with Gasteiger partial charge in [-0.2, -0.15) is 0 Å². The zero-order valence-corrected chi connectivity index (χ0v) is 10.0. The van der Waals surface area contributed by atoms with Gasteiger partial charge in [0.15, 0.2) is 0 Å². The molecule has 0 spiro atoms. The number of nitrogens with two attached hydrogens (primary N) is 1. The SMILES string of the molecule is COCC(=O)N1C[C@@H](N)[C@H](c2ccccc2)C1. The fourth-order valence-electron chi connectivity index (χ4n) is 2.30. The molecule has 0 radical (unpaired) electrons. The van der Waals surface area contributed by atoms with Gasteiger partial charge in [0.2, 0.25) is 5.91 Å². The van der Waals surface area contributed by atoms with E-state index in [1.54, 1.807) is 4.90 Å². The second-order valence-electron chi connectivity index (χ2n) is 4.41. The van der Waals surface area contributed by atoms with Gasteiger partial charge in [0.25, 0.3) is 0 Å². The van der Waals surface area contributed by atoms with E-state index in [2.05, 4.69) is 12.1 Å². The first kappa shape index (κ1) is 12.1. The molecule has 1 aliphatic rings. The van der Waals surface area contributed by atoms with Crippen molar-refractivity contribution in [3.8, 4) is 0 Å². The highest BCUT2D eigenvalue weighted by Gasteiger charge is 2.33. The second kappa shape index (κ2) is 5.29. The zero-order chi connectivity index (χ0) is 12.3. The number of hydrogen-bond acceptors (Lipinski definition) is 3. The monoisotopic (exact) mass is 234 g/mol. The smallest absolute Gasteiger partial charge is 0.248 e. The molecule has 1 saturated heterocycles. The highest BCUT2D eigenvalue weighted by atomic mass is 16.5. The Bertz CT molecular complexity index is 380. The van der Waals surface area contributed by atoms with E-state index in [9.17, 15) is 4.79 Å². The van der Waals surface area contributed by atoms with Crippen LogP contribution in [0.3, 0.4) is 0 Å². The number of carbonyl (C=O) groups excluding carboxylic acids is 1. The summed E-state index contributed by atoms with van der Waals surface area (Å²) in [7, 11) is 1.53. The van der Waals surface area contributed by atoms with E-state index in [1.165, 1.54) is 12.7 Å². The van der Waals surface area contributed by atoms with E-state index in [0.717, 1.165) is 0 Å². The number of amides is 1. The second-order valence-corrected chi connectivity index (χ2v) is 4.41. The molecular weight excluding hydrogens is 216 g/mol. The summed E-state index contributed by atoms with van der Waals surface area (Å²) in [5.41, 5.74) is 7.30. The van der Waals surface area contributed by atoms with Crippen LogP contribution in [0.25, 0.3) is 0 Å². The van der Waals surface area contributed by atoms with Crippen molar-refractivity contribution in [1.82, 2.24) is 4.90 Å². The Kier molecular flexibility index (Phi) is 3.76. The largest absolute Gasteiger partial charge is 0.375 e. The Morgan fingerprint density at radius 3 is 2.76 bits per heavy atom. The Balaban J connectivity index is 2.05. The lowest BCUT2D eigenvalue weighted by molar-refractivity contribution is -0.134. The lowest BCUT2D eigenvalue weighted by atomic mass is 9.95. The van der Waals surface area contributed by atoms with Crippen LogP contribution in [0, 0.1) is 0 Å². The van der Waals surface area contributed by atoms with Crippen molar-refractivity contribution in [3.05, 3.63) is 35.9 Å². The molecule has 2 atom stereocenters. The Morgan fingerprint density at radius 1 is 1.41 bits per heavy atom. The van der Waals surface area contributed by atoms with Crippen LogP contribution in [0.5, 0.6) is 0 Å². The highest BCUT2D eigenvalue weighted by molar-refractivity contribution is 5.78. The summed E-state index contributed by atoms with van der Waals surface area (Å²) in [5, 5.41) is 0. The molecule has 4 nitrogen and oxygen atoms in total. The fourth-order valence-corrected chi connectivity index (χ4v) is 2.30. The molecular formula is C13H18N2O2. The quantitative estimate of drug-likeness (QED) is 0.832. The van der Waals surface area contributed by atoms with E-state index in [1.807, 2.05) is 18.2 Å². The number of hydrogen-bond donors (Lipinski definition) is 1. The molecule has 92 valence electrons. The molecule has 1 fully saturated rings. The van der Waals surface area contributed by atoms with Crippen LogP contribution in [0.15, 0.2) is 30.3 Å². The van der Waals surface area contributed by atoms with Gasteiger partial charge in [0.05, 0.1) is 0 Å². The van der Waals surface area contributed by atoms with Gasteiger partial charge in [-0.3, -0.25) is 4.79 Å². The van der Waals surface area contributed by atoms with Gasteiger partial charge < -0.3 is 15.4 Å². The lowest BCUT2D eigenvalue weighted by Gasteiger charge is -2.15. The molecule has 1 aromatic carbocycles. The van der Waals surface area contributed by atoms with Gasteiger partial charge in [-0.25, -0.2) is 0 Å². The minimum Gasteiger partial charge on any atom is -0.375 e. The van der Waals surface area contributed by atoms with Crippen molar-refractivity contribution in [1.29, 1.82) is 0 Å². The van der Waals surface area contributed by atoms with Crippen LogP contribution in [0.4, 0.5) is 0 Å². The molecule has 0 aliphatic carbocycles. The van der Waals surface area contributed by atoms with Crippen molar-refractivity contribution >= 4 is 5.91 Å². The third-order valence-corrected chi connectivity index (χ3v) is 3.21. The summed E-state index contributed by atoms with van der Waals surface area (Å²) in [6.45, 7) is 1.43. The maximum Gasteiger partial charge on any atom is 0.248 e. The van der Waals surface area contributed by atoms with Gasteiger partial charge in [-0.15, -0.1) is 0 Å². The molecule has 0 saturated carbocycles. The van der Waals surface area contributed by atoms with Crippen molar-refractivity contribution < 1.29 is 9.53 Å². The first-order chi connectivity index (χ1) is 8.22. The van der Waals surface area contributed by atoms with Gasteiger partial charge in [0, 0.05) is 32.2 Å². The molecule has 1 amide bonds. The van der Waals surface area contributed by atoms with E-state index >= 15 is 0 Å². The zero-order valence-electron chi connectivity index (χ0n) is 10.0. The predicted octanol–water partition coefficient (Wildman–Crippen LogP) is 0.586. The average Bonchev–Trinajstić information content (AvgIpc) is 2.73. The molecule has 17 heavy (non-hydrogen) atoms. The Labute approximate surface area is 101 Å². The number of rotatable bonds is 3. The molecule has 2 N–H and O–H groups in total. The maximum absolute atomic E-state index is 11.7. The van der Waals surface area contributed by atoms with Crippen molar-refractivity contribution in [2.45, 2.75) is 12.0 Å². The third kappa shape index (κ3) is 2.65. The lowest BCUT2D eigenvalue weighted by Crippen LogP contribution is -2.34. The van der Waals surface area contributed by atoms with Crippen molar-refractivity contribution in [3.63, 3.8) is 0 Å². The van der Waals surface area contributed by atoms with Crippen LogP contribution >= 0.6 is 0 Å². The minimum absolute atomic E-state index is 0.0122. The number of benzene rings is 1. The number of ether oxygens (including phenoxy) is 1. The summed E-state index contributed by atoms with van der Waals surface area (Å²) >= 11 is 0. The van der Waals surface area contributed by atoms with E-state index < -0.39 is 0 Å². The van der Waals surface area contributed by atoms with Crippen molar-refractivity contribution in [2.75, 3.05) is 26.8 Å². The summed E-state index contributed by atoms with van der Waals surface area (Å²) in [6, 6.07) is 10.1. The van der Waals surface area contributed by atoms with Gasteiger partial charge in [-0.05, 0) is 5.56 Å². The minimum atomic E-state index is 0.0122. The fraction of sp³-hybridized carbons (Fsp3) is 0.462. The molecule has 0 unspecified atom stereocenters. The molecule has 1 aliphatic heterocycles. The topological polar surface area (TPSA) is 55.6 Å². The Morgan fingerprint density at radius 2 is 2.12 bits per heavy atom. The number of nitrogens with zero attached hydrogens (tertiary/aromatic N) is 1. The number of methoxy groups -OCH3 is 1. The van der Waals surface area contributed by atoms with Crippen LogP contribution in [0.1, 0.15) is 11.5 Å². The molecule has 2 rings (SSSR count). The first-order valence-electron chi connectivity index (χ1n) is 5.79. The van der Waals surface area contributed by atoms with Crippen LogP contribution in [0.2, 0.25) is 0 Å². The predicted molar refractivity (Wildman–Crippen MR) is 65.6 cm³/mol. The summed E-state index contributed by atoms with van der Waals surface area (Å²) in [4.78, 5) is 13.5. The van der Waals surface area contributed by atoms with Gasteiger partial charge in [-0.1, -0.05) is 30.3 Å². The van der Waals surface area contributed by atoms with E-state index in [0.29, 0.717) is 13.1 Å². The molecule has 1 aromatic rings. The summed E-state index contributed by atoms with van der Waals surface area (Å²) in [6.07, 6.45) is 0. The number of carbonyl (C=O) groups is 1. The third-order valence-electron chi connectivity index (χ3n) is 3.21. The Hall–Kier alpha value is -1.39. The van der Waals surface area contributed by atoms with Crippen LogP contribution in [-0.4, -0.2) is 43.7 Å². The van der Waals surface area contributed by atoms with E-state index in [4.69, 9.17) is 10.5 Å². The van der Waals surface area contributed by atoms with Crippen LogP contribution < -0.4 is 5.73 Å². The average molecular weight is 234 g/mol. The summed E-state index contributed by atoms with van der Waals surface area (Å²) < 4.78 is 4.86. The molecule has 4 heteroatoms. The van der Waals surface area contributed by atoms with Crippen LogP contribution in [-0.2, 0) is 9.53 Å². The highest BCUT2D eigenvalue weighted by Crippen LogP contribution is 2.26. The van der Waals surface area contributed by atoms with Gasteiger partial charge in [0.1, 0.15) is 6.61 Å². The summed E-state index contributed by atoms with van der Waals surface area (Å²) in [5.74, 6) is 0.249. The van der Waals surface area contributed by atoms with E-state index in [-0.39, 0.29) is 24.5 Å². The van der Waals surface area contributed by atoms with Gasteiger partial charge >= 0.3 is 0 Å². The molecule has 1 heterocycles. The first-order valence-corrected chi connectivity index (χ1v) is 5.79. The molecule has 0 bridgehead atoms. The normalized spacial score (nSPS) is 24.0. The molecule has 0 aromatic heterocycles. The number of likely N-dealkylation sites (tertiary alicyclic amines) is 1. The maximum atomic E-state index is 11.7. The standard InChI is InChI=1S/C13H18N2O2/c1-17-9-13(16)15-7-11(12(14)8-15)10-5-3-2-4-6-10/h2-6,11-12H,7-9,14H2,1H3/t11-,12+/m0/s1. The van der Waals surface area contributed by atoms with Crippen molar-refractivity contribution in [2.24, 2.45) is 5.73 Å².